The molecule has 0 spiro atoms. The number of amides is 1. The zero-order chi connectivity index (χ0) is 21.6. The minimum absolute atomic E-state index is 0.00722. The second-order valence-corrected chi connectivity index (χ2v) is 8.05. The molecule has 1 heterocycles. The van der Waals surface area contributed by atoms with Gasteiger partial charge in [-0.05, 0) is 54.6 Å². The van der Waals surface area contributed by atoms with Gasteiger partial charge in [-0.3, -0.25) is 14.2 Å². The lowest BCUT2D eigenvalue weighted by Gasteiger charge is -2.10. The van der Waals surface area contributed by atoms with Crippen LogP contribution < -0.4 is 5.32 Å². The molecule has 0 saturated heterocycles. The summed E-state index contributed by atoms with van der Waals surface area (Å²) in [5.74, 6) is 0.0415. The quantitative estimate of drug-likeness (QED) is 0.289. The number of nitrogens with zero attached hydrogens (tertiary/aromatic N) is 2. The third-order valence-corrected chi connectivity index (χ3v) is 5.74. The van der Waals surface area contributed by atoms with Gasteiger partial charge in [0.05, 0.1) is 5.75 Å². The smallest absolute Gasteiger partial charge is 0.255 e. The van der Waals surface area contributed by atoms with Crippen molar-refractivity contribution in [3.63, 3.8) is 0 Å². The predicted molar refractivity (Wildman–Crippen MR) is 124 cm³/mol. The Hall–Kier alpha value is -3.35. The van der Waals surface area contributed by atoms with Crippen LogP contribution >= 0.6 is 23.4 Å². The van der Waals surface area contributed by atoms with E-state index in [0.717, 1.165) is 11.4 Å². The summed E-state index contributed by atoms with van der Waals surface area (Å²) in [6.45, 7) is 0. The molecule has 0 saturated carbocycles. The zero-order valence-electron chi connectivity index (χ0n) is 16.4. The molecule has 1 amide bonds. The highest BCUT2D eigenvalue weighted by molar-refractivity contribution is 7.99. The molecule has 0 unspecified atom stereocenters. The topological polar surface area (TPSA) is 64.0 Å². The fourth-order valence-electron chi connectivity index (χ4n) is 2.96. The Labute approximate surface area is 189 Å². The van der Waals surface area contributed by atoms with E-state index in [-0.39, 0.29) is 17.4 Å². The molecular weight excluding hydrogens is 430 g/mol. The van der Waals surface area contributed by atoms with Crippen LogP contribution in [-0.4, -0.2) is 27.0 Å². The molecular formula is C24H18ClN3O2S. The number of hydrogen-bond acceptors (Lipinski definition) is 4. The first-order valence-corrected chi connectivity index (χ1v) is 10.9. The number of anilines is 1. The molecule has 7 heteroatoms. The van der Waals surface area contributed by atoms with Crippen molar-refractivity contribution >= 4 is 40.7 Å². The van der Waals surface area contributed by atoms with E-state index in [9.17, 15) is 9.59 Å². The lowest BCUT2D eigenvalue weighted by Crippen LogP contribution is -2.12. The average molecular weight is 448 g/mol. The summed E-state index contributed by atoms with van der Waals surface area (Å²) in [7, 11) is 0. The number of thioether (sulfide) groups is 1. The van der Waals surface area contributed by atoms with Crippen molar-refractivity contribution in [2.24, 2.45) is 0 Å². The van der Waals surface area contributed by atoms with Gasteiger partial charge in [0.1, 0.15) is 0 Å². The van der Waals surface area contributed by atoms with Crippen molar-refractivity contribution < 1.29 is 9.59 Å². The predicted octanol–water partition coefficient (Wildman–Crippen LogP) is 5.75. The average Bonchev–Trinajstić information content (AvgIpc) is 3.27. The number of hydrogen-bond donors (Lipinski definition) is 1. The van der Waals surface area contributed by atoms with Gasteiger partial charge in [0.25, 0.3) is 5.91 Å². The monoisotopic (exact) mass is 447 g/mol. The van der Waals surface area contributed by atoms with Crippen molar-refractivity contribution in [1.82, 2.24) is 9.55 Å². The normalized spacial score (nSPS) is 10.6. The molecule has 0 radical (unpaired) electrons. The number of nitrogens with one attached hydrogen (secondary N) is 1. The molecule has 154 valence electrons. The number of Topliss-reactive ketones (excluding diaryl/α,β-unsaturated/α-hetero) is 1. The Kier molecular flexibility index (Phi) is 6.50. The summed E-state index contributed by atoms with van der Waals surface area (Å²) in [5, 5.41) is 4.15. The molecule has 0 aliphatic carbocycles. The minimum atomic E-state index is -0.194. The van der Waals surface area contributed by atoms with E-state index in [1.54, 1.807) is 42.6 Å². The number of imidazole rings is 1. The second kappa shape index (κ2) is 9.64. The highest BCUT2D eigenvalue weighted by Gasteiger charge is 2.13. The van der Waals surface area contributed by atoms with Crippen molar-refractivity contribution in [3.05, 3.63) is 107 Å². The summed E-state index contributed by atoms with van der Waals surface area (Å²) in [6, 6.07) is 23.4. The maximum absolute atomic E-state index is 12.6. The molecule has 0 aliphatic rings. The van der Waals surface area contributed by atoms with Gasteiger partial charge in [-0.2, -0.15) is 0 Å². The first-order chi connectivity index (χ1) is 15.1. The molecule has 0 aliphatic heterocycles. The number of halogens is 1. The van der Waals surface area contributed by atoms with Crippen molar-refractivity contribution in [2.75, 3.05) is 11.1 Å². The van der Waals surface area contributed by atoms with Crippen LogP contribution in [0.25, 0.3) is 5.69 Å². The molecule has 0 fully saturated rings. The van der Waals surface area contributed by atoms with E-state index in [1.165, 1.54) is 11.8 Å². The highest BCUT2D eigenvalue weighted by Crippen LogP contribution is 2.23. The van der Waals surface area contributed by atoms with Gasteiger partial charge >= 0.3 is 0 Å². The summed E-state index contributed by atoms with van der Waals surface area (Å²) < 4.78 is 1.86. The van der Waals surface area contributed by atoms with E-state index >= 15 is 0 Å². The lowest BCUT2D eigenvalue weighted by molar-refractivity contribution is 0.101. The summed E-state index contributed by atoms with van der Waals surface area (Å²) >= 11 is 7.23. The minimum Gasteiger partial charge on any atom is -0.322 e. The Morgan fingerprint density at radius 1 is 0.935 bits per heavy atom. The second-order valence-electron chi connectivity index (χ2n) is 6.67. The summed E-state index contributed by atoms with van der Waals surface area (Å²) in [5.41, 5.74) is 2.66. The molecule has 5 nitrogen and oxygen atoms in total. The number of carbonyl (C=O) groups is 2. The van der Waals surface area contributed by atoms with E-state index in [4.69, 9.17) is 11.6 Å². The van der Waals surface area contributed by atoms with Crippen LogP contribution in [0.1, 0.15) is 20.7 Å². The molecule has 3 aromatic carbocycles. The van der Waals surface area contributed by atoms with Crippen molar-refractivity contribution in [3.8, 4) is 5.69 Å². The molecule has 4 rings (SSSR count). The van der Waals surface area contributed by atoms with E-state index in [1.807, 2.05) is 53.2 Å². The van der Waals surface area contributed by atoms with E-state index in [0.29, 0.717) is 21.3 Å². The van der Waals surface area contributed by atoms with Crippen LogP contribution in [0.15, 0.2) is 96.4 Å². The summed E-state index contributed by atoms with van der Waals surface area (Å²) in [6.07, 6.45) is 3.48. The molecule has 4 aromatic rings. The number of benzene rings is 3. The van der Waals surface area contributed by atoms with Gasteiger partial charge in [-0.1, -0.05) is 47.6 Å². The summed E-state index contributed by atoms with van der Waals surface area (Å²) in [4.78, 5) is 29.5. The third kappa shape index (κ3) is 5.23. The van der Waals surface area contributed by atoms with Crippen LogP contribution in [0.5, 0.6) is 0 Å². The van der Waals surface area contributed by atoms with Gasteiger partial charge in [-0.15, -0.1) is 0 Å². The van der Waals surface area contributed by atoms with E-state index in [2.05, 4.69) is 10.3 Å². The number of ketones is 1. The number of aromatic nitrogens is 2. The largest absolute Gasteiger partial charge is 0.322 e. The van der Waals surface area contributed by atoms with Crippen molar-refractivity contribution in [2.45, 2.75) is 5.16 Å². The number of para-hydroxylation sites is 1. The fourth-order valence-corrected chi connectivity index (χ4v) is 3.96. The molecule has 0 bridgehead atoms. The van der Waals surface area contributed by atoms with Crippen LogP contribution in [0.4, 0.5) is 5.69 Å². The Morgan fingerprint density at radius 2 is 1.71 bits per heavy atom. The first-order valence-electron chi connectivity index (χ1n) is 9.52. The van der Waals surface area contributed by atoms with Crippen molar-refractivity contribution in [1.29, 1.82) is 0 Å². The Balaban J connectivity index is 1.48. The van der Waals surface area contributed by atoms with Crippen LogP contribution in [-0.2, 0) is 0 Å². The highest BCUT2D eigenvalue weighted by atomic mass is 35.5. The van der Waals surface area contributed by atoms with E-state index < -0.39 is 0 Å². The Bertz CT molecular complexity index is 1210. The van der Waals surface area contributed by atoms with Crippen LogP contribution in [0.3, 0.4) is 0 Å². The standard InChI is InChI=1S/C24H18ClN3O2S/c25-19-11-9-17(10-12-19)22(29)16-31-24-26-13-14-28(24)21-8-4-5-18(15-21)23(30)27-20-6-2-1-3-7-20/h1-15H,16H2,(H,27,30). The zero-order valence-corrected chi connectivity index (χ0v) is 17.9. The molecule has 0 atom stereocenters. The van der Waals surface area contributed by atoms with Gasteiger partial charge in [0, 0.05) is 39.9 Å². The molecule has 31 heavy (non-hydrogen) atoms. The third-order valence-electron chi connectivity index (χ3n) is 4.52. The van der Waals surface area contributed by atoms with Crippen LogP contribution in [0.2, 0.25) is 5.02 Å². The van der Waals surface area contributed by atoms with Gasteiger partial charge in [0.15, 0.2) is 10.9 Å². The SMILES string of the molecule is O=C(CSc1nccn1-c1cccc(C(=O)Nc2ccccc2)c1)c1ccc(Cl)cc1. The first kappa shape index (κ1) is 20.9. The maximum atomic E-state index is 12.6. The van der Waals surface area contributed by atoms with Gasteiger partial charge < -0.3 is 5.32 Å². The Morgan fingerprint density at radius 3 is 2.48 bits per heavy atom. The fraction of sp³-hybridized carbons (Fsp3) is 0.0417. The molecule has 1 aromatic heterocycles. The molecule has 1 N–H and O–H groups in total. The number of rotatable bonds is 7. The lowest BCUT2D eigenvalue weighted by atomic mass is 10.1. The van der Waals surface area contributed by atoms with Gasteiger partial charge in [0.2, 0.25) is 0 Å². The number of carbonyl (C=O) groups excluding carboxylic acids is 2. The van der Waals surface area contributed by atoms with Crippen LogP contribution in [0, 0.1) is 0 Å². The van der Waals surface area contributed by atoms with Gasteiger partial charge in [-0.25, -0.2) is 4.98 Å². The maximum Gasteiger partial charge on any atom is 0.255 e.